The number of allylic oxidation sites excluding steroid dienone is 1. The molecule has 43 heavy (non-hydrogen) atoms. The Bertz CT molecular complexity index is 1130. The second-order valence-electron chi connectivity index (χ2n) is 13.4. The van der Waals surface area contributed by atoms with Gasteiger partial charge < -0.3 is 4.74 Å². The summed E-state index contributed by atoms with van der Waals surface area (Å²) in [6.45, 7) is 7.16. The first-order valence-electron chi connectivity index (χ1n) is 18.2. The molecule has 4 rings (SSSR count). The van der Waals surface area contributed by atoms with Crippen LogP contribution < -0.4 is 4.74 Å². The Morgan fingerprint density at radius 3 is 1.58 bits per heavy atom. The van der Waals surface area contributed by atoms with Gasteiger partial charge in [-0.2, -0.15) is 5.11 Å². The molecule has 0 radical (unpaired) electrons. The van der Waals surface area contributed by atoms with E-state index in [4.69, 9.17) is 15.0 Å². The predicted molar refractivity (Wildman–Crippen MR) is 185 cm³/mol. The Labute approximate surface area is 264 Å². The SMILES string of the molecule is C=C(C)c1cc2c(cc1N=Nc1ccc3c(c1)CCCCCCCCCCCCC3)CCCCCCCCCCCCO2. The largest absolute Gasteiger partial charge is 0.493 e. The maximum Gasteiger partial charge on any atom is 0.123 e. The van der Waals surface area contributed by atoms with Gasteiger partial charge in [-0.1, -0.05) is 122 Å². The molecule has 0 N–H and O–H groups in total. The molecule has 0 aromatic heterocycles. The summed E-state index contributed by atoms with van der Waals surface area (Å²) in [4.78, 5) is 0. The van der Waals surface area contributed by atoms with Crippen molar-refractivity contribution in [3.63, 3.8) is 0 Å². The molecule has 3 heteroatoms. The molecule has 3 nitrogen and oxygen atoms in total. The lowest BCUT2D eigenvalue weighted by atomic mass is 9.96. The normalized spacial score (nSPS) is 19.5. The monoisotopic (exact) mass is 584 g/mol. The molecular formula is C40H60N2O. The summed E-state index contributed by atoms with van der Waals surface area (Å²) in [6, 6.07) is 11.3. The third-order valence-corrected chi connectivity index (χ3v) is 9.59. The molecule has 0 atom stereocenters. The van der Waals surface area contributed by atoms with Gasteiger partial charge in [-0.25, -0.2) is 0 Å². The molecule has 0 saturated heterocycles. The zero-order valence-corrected chi connectivity index (χ0v) is 27.6. The van der Waals surface area contributed by atoms with Gasteiger partial charge in [-0.05, 0) is 98.4 Å². The lowest BCUT2D eigenvalue weighted by Crippen LogP contribution is -2.02. The highest BCUT2D eigenvalue weighted by molar-refractivity contribution is 5.74. The maximum atomic E-state index is 6.40. The van der Waals surface area contributed by atoms with Crippen molar-refractivity contribution in [1.29, 1.82) is 0 Å². The highest BCUT2D eigenvalue weighted by Crippen LogP contribution is 2.36. The van der Waals surface area contributed by atoms with Crippen LogP contribution in [0.5, 0.6) is 5.75 Å². The summed E-state index contributed by atoms with van der Waals surface area (Å²) < 4.78 is 6.40. The minimum atomic E-state index is 0.790. The molecule has 0 saturated carbocycles. The van der Waals surface area contributed by atoms with E-state index < -0.39 is 0 Å². The minimum absolute atomic E-state index is 0.790. The van der Waals surface area contributed by atoms with Crippen LogP contribution in [-0.2, 0) is 19.3 Å². The first kappa shape index (κ1) is 33.5. The molecule has 0 spiro atoms. The first-order chi connectivity index (χ1) is 21.2. The number of azo groups is 1. The fourth-order valence-corrected chi connectivity index (χ4v) is 6.86. The number of benzene rings is 2. The summed E-state index contributed by atoms with van der Waals surface area (Å²) in [5.74, 6) is 1.02. The van der Waals surface area contributed by atoms with Gasteiger partial charge in [-0.15, -0.1) is 5.11 Å². The molecule has 1 aliphatic carbocycles. The van der Waals surface area contributed by atoms with E-state index in [1.54, 1.807) is 0 Å². The molecule has 2 aliphatic rings. The standard InChI is InChI=1S/C40H60N2O/c1-33(2)38-32-40-36(26-22-18-14-10-6-7-11-15-19-23-29-43-40)31-39(38)42-41-37-28-27-34-24-20-16-12-8-4-3-5-9-13-17-21-25-35(34)30-37/h27-28,30-32H,1,3-26,29H2,2H3. The van der Waals surface area contributed by atoms with Crippen molar-refractivity contribution in [2.45, 2.75) is 161 Å². The quantitative estimate of drug-likeness (QED) is 0.330. The fraction of sp³-hybridized carbons (Fsp3) is 0.650. The van der Waals surface area contributed by atoms with Crippen molar-refractivity contribution in [1.82, 2.24) is 0 Å². The van der Waals surface area contributed by atoms with Gasteiger partial charge >= 0.3 is 0 Å². The molecule has 0 fully saturated rings. The van der Waals surface area contributed by atoms with E-state index in [2.05, 4.69) is 43.8 Å². The van der Waals surface area contributed by atoms with Crippen LogP contribution in [-0.4, -0.2) is 6.61 Å². The summed E-state index contributed by atoms with van der Waals surface area (Å²) in [6.07, 6.45) is 31.6. The number of rotatable bonds is 3. The summed E-state index contributed by atoms with van der Waals surface area (Å²) >= 11 is 0. The van der Waals surface area contributed by atoms with E-state index in [9.17, 15) is 0 Å². The zero-order chi connectivity index (χ0) is 30.0. The average molecular weight is 585 g/mol. The van der Waals surface area contributed by atoms with Crippen LogP contribution in [0.4, 0.5) is 11.4 Å². The van der Waals surface area contributed by atoms with E-state index >= 15 is 0 Å². The first-order valence-corrected chi connectivity index (χ1v) is 18.2. The third-order valence-electron chi connectivity index (χ3n) is 9.59. The lowest BCUT2D eigenvalue weighted by Gasteiger charge is -2.16. The van der Waals surface area contributed by atoms with Crippen LogP contribution in [0.15, 0.2) is 47.1 Å². The van der Waals surface area contributed by atoms with Gasteiger partial charge in [0.05, 0.1) is 18.0 Å². The molecule has 1 heterocycles. The Balaban J connectivity index is 1.52. The Morgan fingerprint density at radius 1 is 0.535 bits per heavy atom. The fourth-order valence-electron chi connectivity index (χ4n) is 6.86. The van der Waals surface area contributed by atoms with E-state index in [0.29, 0.717) is 0 Å². The molecule has 2 aromatic carbocycles. The van der Waals surface area contributed by atoms with Gasteiger partial charge in [-0.3, -0.25) is 0 Å². The highest BCUT2D eigenvalue weighted by Gasteiger charge is 2.13. The molecule has 236 valence electrons. The summed E-state index contributed by atoms with van der Waals surface area (Å²) in [7, 11) is 0. The number of ether oxygens (including phenoxy) is 1. The summed E-state index contributed by atoms with van der Waals surface area (Å²) in [5, 5.41) is 9.69. The third kappa shape index (κ3) is 12.2. The van der Waals surface area contributed by atoms with Crippen molar-refractivity contribution >= 4 is 16.9 Å². The minimum Gasteiger partial charge on any atom is -0.493 e. The smallest absolute Gasteiger partial charge is 0.123 e. The molecule has 0 bridgehead atoms. The van der Waals surface area contributed by atoms with Crippen LogP contribution >= 0.6 is 0 Å². The van der Waals surface area contributed by atoms with E-state index in [0.717, 1.165) is 54.1 Å². The van der Waals surface area contributed by atoms with Crippen LogP contribution in [0.25, 0.3) is 5.57 Å². The Morgan fingerprint density at radius 2 is 1.02 bits per heavy atom. The Kier molecular flexibility index (Phi) is 15.4. The van der Waals surface area contributed by atoms with E-state index in [1.165, 1.54) is 152 Å². The van der Waals surface area contributed by atoms with Gasteiger partial charge in [0.15, 0.2) is 0 Å². The number of aryl methyl sites for hydroxylation is 3. The van der Waals surface area contributed by atoms with Gasteiger partial charge in [0.2, 0.25) is 0 Å². The molecule has 0 amide bonds. The van der Waals surface area contributed by atoms with E-state index in [1.807, 2.05) is 0 Å². The van der Waals surface area contributed by atoms with Crippen molar-refractivity contribution in [2.24, 2.45) is 10.2 Å². The van der Waals surface area contributed by atoms with Crippen molar-refractivity contribution in [3.8, 4) is 5.75 Å². The molecule has 0 unspecified atom stereocenters. The number of fused-ring (bicyclic) bond motifs is 2. The van der Waals surface area contributed by atoms with Crippen LogP contribution in [0.3, 0.4) is 0 Å². The molecule has 1 aliphatic heterocycles. The van der Waals surface area contributed by atoms with Gasteiger partial charge in [0.25, 0.3) is 0 Å². The Hall–Kier alpha value is -2.42. The van der Waals surface area contributed by atoms with Crippen molar-refractivity contribution in [2.75, 3.05) is 6.61 Å². The summed E-state index contributed by atoms with van der Waals surface area (Å²) in [5.41, 5.74) is 8.23. The van der Waals surface area contributed by atoms with Crippen molar-refractivity contribution in [3.05, 3.63) is 59.2 Å². The van der Waals surface area contributed by atoms with Gasteiger partial charge in [0, 0.05) is 5.56 Å². The van der Waals surface area contributed by atoms with E-state index in [-0.39, 0.29) is 0 Å². The number of hydrogen-bond donors (Lipinski definition) is 0. The highest BCUT2D eigenvalue weighted by atomic mass is 16.5. The number of hydrogen-bond acceptors (Lipinski definition) is 3. The predicted octanol–water partition coefficient (Wildman–Crippen LogP) is 13.4. The molecular weight excluding hydrogens is 524 g/mol. The zero-order valence-electron chi connectivity index (χ0n) is 27.6. The van der Waals surface area contributed by atoms with Crippen LogP contribution in [0, 0.1) is 0 Å². The lowest BCUT2D eigenvalue weighted by molar-refractivity contribution is 0.301. The second kappa shape index (κ2) is 19.8. The maximum absolute atomic E-state index is 6.40. The number of nitrogens with zero attached hydrogens (tertiary/aromatic N) is 2. The average Bonchev–Trinajstić information content (AvgIpc) is 3.02. The van der Waals surface area contributed by atoms with Crippen LogP contribution in [0.1, 0.15) is 164 Å². The topological polar surface area (TPSA) is 34.0 Å². The van der Waals surface area contributed by atoms with Crippen molar-refractivity contribution < 1.29 is 4.74 Å². The van der Waals surface area contributed by atoms with Gasteiger partial charge in [0.1, 0.15) is 5.75 Å². The molecule has 2 aromatic rings. The van der Waals surface area contributed by atoms with Crippen LogP contribution in [0.2, 0.25) is 0 Å². The second-order valence-corrected chi connectivity index (χ2v) is 13.4.